The molecule has 3 heterocycles. The zero-order valence-electron chi connectivity index (χ0n) is 25.4. The maximum Gasteiger partial charge on any atom is 0.479 e. The first kappa shape index (κ1) is 38.7. The summed E-state index contributed by atoms with van der Waals surface area (Å²) in [5.41, 5.74) is 6.30. The number of ether oxygens (including phenoxy) is 1. The van der Waals surface area contributed by atoms with Gasteiger partial charge >= 0.3 is 15.4 Å². The van der Waals surface area contributed by atoms with Gasteiger partial charge in [-0.15, -0.1) is 0 Å². The van der Waals surface area contributed by atoms with Crippen LogP contribution in [0.3, 0.4) is 0 Å². The molecule has 0 saturated carbocycles. The smallest absolute Gasteiger partial charge is 0.387 e. The third-order valence-corrected chi connectivity index (χ3v) is 10.6. The number of fused-ring (bicyclic) bond motifs is 1. The summed E-state index contributed by atoms with van der Waals surface area (Å²) in [4.78, 5) is 32.1. The Morgan fingerprint density at radius 3 is 2.02 bits per heavy atom. The van der Waals surface area contributed by atoms with Crippen LogP contribution in [0, 0.1) is 0 Å². The monoisotopic (exact) mass is 658 g/mol. The average Bonchev–Trinajstić information content (AvgIpc) is 3.48. The van der Waals surface area contributed by atoms with Gasteiger partial charge in [0.25, 0.3) is 0 Å². The van der Waals surface area contributed by atoms with Crippen LogP contribution in [-0.4, -0.2) is 100 Å². The number of imidazole rings is 1. The van der Waals surface area contributed by atoms with E-state index >= 15 is 0 Å². The molecule has 2 aromatic rings. The van der Waals surface area contributed by atoms with Crippen LogP contribution in [-0.2, 0) is 22.7 Å². The Kier molecular flexibility index (Phi) is 17.3. The second-order valence-corrected chi connectivity index (χ2v) is 14.5. The summed E-state index contributed by atoms with van der Waals surface area (Å²) < 4.78 is 41.2. The van der Waals surface area contributed by atoms with Crippen LogP contribution in [0.15, 0.2) is 12.7 Å². The van der Waals surface area contributed by atoms with Gasteiger partial charge in [0.1, 0.15) is 30.2 Å². The molecule has 0 bridgehead atoms. The van der Waals surface area contributed by atoms with Crippen LogP contribution in [0.2, 0.25) is 0 Å². The summed E-state index contributed by atoms with van der Waals surface area (Å²) in [5, 5.41) is 20.9. The molecule has 1 radical (unpaired) electrons. The fourth-order valence-electron chi connectivity index (χ4n) is 5.05. The van der Waals surface area contributed by atoms with Crippen LogP contribution in [0.5, 0.6) is 0 Å². The first-order valence-electron chi connectivity index (χ1n) is 15.0. The molecule has 6 unspecified atom stereocenters. The maximum atomic E-state index is 12.4. The number of nitrogens with zero attached hydrogens (tertiary/aromatic N) is 4. The third kappa shape index (κ3) is 12.7. The molecule has 1 fully saturated rings. The number of hydrogen-bond donors (Lipinski definition) is 5. The molecule has 0 spiro atoms. The Morgan fingerprint density at radius 2 is 1.44 bits per heavy atom. The van der Waals surface area contributed by atoms with Gasteiger partial charge in [-0.3, -0.25) is 13.7 Å². The Hall–Kier alpha value is -0.470. The summed E-state index contributed by atoms with van der Waals surface area (Å²) >= 11 is 0. The van der Waals surface area contributed by atoms with Gasteiger partial charge < -0.3 is 30.5 Å². The molecule has 2 aromatic heterocycles. The number of nitrogens with two attached hydrogens (primary N) is 1. The van der Waals surface area contributed by atoms with Crippen molar-refractivity contribution in [2.75, 3.05) is 18.5 Å². The van der Waals surface area contributed by atoms with Crippen molar-refractivity contribution in [3.05, 3.63) is 12.7 Å². The molecule has 14 nitrogen and oxygen atoms in total. The van der Waals surface area contributed by atoms with E-state index in [4.69, 9.17) is 15.0 Å². The molecule has 6 N–H and O–H groups in total. The van der Waals surface area contributed by atoms with E-state index < -0.39 is 46.6 Å². The molecule has 3 rings (SSSR count). The minimum absolute atomic E-state index is 0. The van der Waals surface area contributed by atoms with E-state index in [-0.39, 0.29) is 52.7 Å². The molecule has 1 aliphatic heterocycles. The molecular weight excluding hydrogens is 611 g/mol. The van der Waals surface area contributed by atoms with Gasteiger partial charge in [-0.25, -0.2) is 23.8 Å². The molecule has 241 valence electrons. The minimum atomic E-state index is -4.97. The van der Waals surface area contributed by atoms with Crippen molar-refractivity contribution < 1.29 is 42.7 Å². The number of aromatic nitrogens is 4. The van der Waals surface area contributed by atoms with E-state index in [9.17, 15) is 29.1 Å². The maximum absolute atomic E-state index is 12.4. The Bertz CT molecular complexity index is 1190. The van der Waals surface area contributed by atoms with E-state index in [0.29, 0.717) is 12.8 Å². The number of rotatable bonds is 21. The number of aliphatic hydroxyl groups is 2. The summed E-state index contributed by atoms with van der Waals surface area (Å²) in [6.45, 7) is 1.54. The van der Waals surface area contributed by atoms with Crippen LogP contribution < -0.4 is 5.73 Å². The molecule has 6 atom stereocenters. The number of aliphatic hydroxyl groups excluding tert-OH is 2. The van der Waals surface area contributed by atoms with Gasteiger partial charge in [0.2, 0.25) is 0 Å². The van der Waals surface area contributed by atoms with Crippen LogP contribution in [0.1, 0.15) is 103 Å². The van der Waals surface area contributed by atoms with Crippen molar-refractivity contribution in [1.82, 2.24) is 19.5 Å². The number of hydrogen-bond acceptors (Lipinski definition) is 11. The van der Waals surface area contributed by atoms with E-state index in [1.165, 1.54) is 75.0 Å². The summed E-state index contributed by atoms with van der Waals surface area (Å²) in [6, 6.07) is 0. The third-order valence-electron chi connectivity index (χ3n) is 7.43. The standard InChI is InChI=1S/C26H47N5O9P2.Na/c1-2-3-4-5-6-7-8-9-10-11-12-13-14-15-16-41(34,35)40-42(36,37)38-17-20-22(32)23(33)26(39-20)31-19-30-21-24(27)28-18-29-25(21)31;/h18-20,22-23,26,32-33H,2-17H2,1H3,(H,34,35)(H,36,37)(H2,27,28,29);. The predicted octanol–water partition coefficient (Wildman–Crippen LogP) is 4.45. The molecule has 0 aromatic carbocycles. The summed E-state index contributed by atoms with van der Waals surface area (Å²) in [7, 11) is -9.37. The van der Waals surface area contributed by atoms with Gasteiger partial charge in [0, 0.05) is 29.6 Å². The quantitative estimate of drug-likeness (QED) is 0.0714. The molecular formula is C26H47N5NaO9P2. The fourth-order valence-corrected chi connectivity index (χ4v) is 7.82. The Labute approximate surface area is 275 Å². The number of anilines is 1. The number of phosphoric ester groups is 1. The van der Waals surface area contributed by atoms with E-state index in [1.807, 2.05) is 0 Å². The SMILES string of the molecule is CCCCCCCCCCCCCCCCP(=O)(O)OP(=O)(O)OCC1OC(n2cnc3c(N)ncnc32)C(O)C1O.[Na]. The van der Waals surface area contributed by atoms with Crippen molar-refractivity contribution in [1.29, 1.82) is 0 Å². The molecule has 0 amide bonds. The second-order valence-electron chi connectivity index (χ2n) is 10.9. The van der Waals surface area contributed by atoms with Crippen molar-refractivity contribution in [2.45, 2.75) is 121 Å². The van der Waals surface area contributed by atoms with Crippen molar-refractivity contribution in [2.24, 2.45) is 0 Å². The van der Waals surface area contributed by atoms with Gasteiger partial charge in [-0.1, -0.05) is 90.4 Å². The van der Waals surface area contributed by atoms with E-state index in [1.54, 1.807) is 0 Å². The van der Waals surface area contributed by atoms with Crippen molar-refractivity contribution >= 4 is 62.0 Å². The number of unbranched alkanes of at least 4 members (excludes halogenated alkanes) is 13. The van der Waals surface area contributed by atoms with Crippen molar-refractivity contribution in [3.8, 4) is 0 Å². The van der Waals surface area contributed by atoms with Gasteiger partial charge in [0.05, 0.1) is 19.1 Å². The number of phosphoric acid groups is 1. The Morgan fingerprint density at radius 1 is 0.884 bits per heavy atom. The predicted molar refractivity (Wildman–Crippen MR) is 163 cm³/mol. The van der Waals surface area contributed by atoms with Crippen molar-refractivity contribution in [3.63, 3.8) is 0 Å². The largest absolute Gasteiger partial charge is 0.479 e. The normalized spacial score (nSPS) is 23.2. The first-order chi connectivity index (χ1) is 20.0. The number of nitrogen functional groups attached to an aromatic ring is 1. The fraction of sp³-hybridized carbons (Fsp3) is 0.808. The Balaban J connectivity index is 0.00000645. The molecule has 1 saturated heterocycles. The van der Waals surface area contributed by atoms with Crippen LogP contribution >= 0.6 is 15.4 Å². The van der Waals surface area contributed by atoms with Crippen LogP contribution in [0.25, 0.3) is 11.2 Å². The van der Waals surface area contributed by atoms with E-state index in [2.05, 4.69) is 26.2 Å². The van der Waals surface area contributed by atoms with Gasteiger partial charge in [-0.05, 0) is 6.42 Å². The zero-order chi connectivity index (χ0) is 30.6. The second kappa shape index (κ2) is 19.3. The average molecular weight is 659 g/mol. The van der Waals surface area contributed by atoms with E-state index in [0.717, 1.165) is 19.3 Å². The first-order valence-corrected chi connectivity index (χ1v) is 18.3. The van der Waals surface area contributed by atoms with Crippen LogP contribution in [0.4, 0.5) is 5.82 Å². The summed E-state index contributed by atoms with van der Waals surface area (Å²) in [5.74, 6) is 0.118. The molecule has 17 heteroatoms. The molecule has 43 heavy (non-hydrogen) atoms. The molecule has 1 aliphatic rings. The summed E-state index contributed by atoms with van der Waals surface area (Å²) in [6.07, 6.45) is 12.6. The zero-order valence-corrected chi connectivity index (χ0v) is 29.2. The minimum Gasteiger partial charge on any atom is -0.387 e. The van der Waals surface area contributed by atoms with Gasteiger partial charge in [0.15, 0.2) is 17.7 Å². The topological polar surface area (TPSA) is 212 Å². The molecule has 0 aliphatic carbocycles. The van der Waals surface area contributed by atoms with Gasteiger partial charge in [-0.2, -0.15) is 0 Å².